The molecule has 44 heavy (non-hydrogen) atoms. The van der Waals surface area contributed by atoms with Crippen molar-refractivity contribution in [3.05, 3.63) is 76.0 Å². The molecule has 2 aliphatic carbocycles. The number of nitrogens with zero attached hydrogens (tertiary/aromatic N) is 5. The van der Waals surface area contributed by atoms with Gasteiger partial charge in [-0.25, -0.2) is 0 Å². The summed E-state index contributed by atoms with van der Waals surface area (Å²) >= 11 is 0. The highest BCUT2D eigenvalue weighted by atomic mass is 19.4. The van der Waals surface area contributed by atoms with Gasteiger partial charge in [0.05, 0.1) is 23.1 Å². The molecule has 1 saturated carbocycles. The monoisotopic (exact) mass is 607 g/mol. The van der Waals surface area contributed by atoms with E-state index >= 15 is 0 Å². The van der Waals surface area contributed by atoms with Gasteiger partial charge in [0.15, 0.2) is 5.82 Å². The van der Waals surface area contributed by atoms with E-state index in [1.165, 1.54) is 17.2 Å². The quantitative estimate of drug-likeness (QED) is 0.264. The molecule has 1 heterocycles. The smallest absolute Gasteiger partial charge is 0.416 e. The third kappa shape index (κ3) is 7.37. The maximum Gasteiger partial charge on any atom is 0.416 e. The number of nitriles is 1. The second kappa shape index (κ2) is 13.3. The summed E-state index contributed by atoms with van der Waals surface area (Å²) in [6.45, 7) is 4.33. The number of aryl methyl sites for hydroxylation is 3. The van der Waals surface area contributed by atoms with E-state index in [0.29, 0.717) is 36.7 Å². The fourth-order valence-corrected chi connectivity index (χ4v) is 6.77. The van der Waals surface area contributed by atoms with Gasteiger partial charge < -0.3 is 14.9 Å². The van der Waals surface area contributed by atoms with Crippen LogP contribution in [0.5, 0.6) is 0 Å². The summed E-state index contributed by atoms with van der Waals surface area (Å²) in [5.41, 5.74) is 4.41. The second-order valence-corrected chi connectivity index (χ2v) is 12.3. The van der Waals surface area contributed by atoms with Crippen molar-refractivity contribution < 1.29 is 23.1 Å². The molecule has 234 valence electrons. The SMILES string of the molecule is CCN(C[C@H]1CC[C@H](C(=O)O)CC1)c1cc2c(cc1CN(Cc1cc(C#N)cc(C(F)(F)F)c1)c1ccn(C)n1)CCCC2. The minimum atomic E-state index is -4.56. The zero-order valence-electron chi connectivity index (χ0n) is 25.4. The first-order valence-corrected chi connectivity index (χ1v) is 15.5. The Kier molecular flexibility index (Phi) is 9.52. The van der Waals surface area contributed by atoms with Crippen LogP contribution in [0.25, 0.3) is 0 Å². The van der Waals surface area contributed by atoms with E-state index in [0.717, 1.165) is 75.0 Å². The fraction of sp³-hybridized carbons (Fsp3) is 0.500. The number of fused-ring (bicyclic) bond motifs is 1. The molecule has 0 spiro atoms. The number of hydrogen-bond acceptors (Lipinski definition) is 5. The first-order valence-electron chi connectivity index (χ1n) is 15.5. The Morgan fingerprint density at radius 1 is 1.05 bits per heavy atom. The van der Waals surface area contributed by atoms with Crippen LogP contribution in [0.4, 0.5) is 24.7 Å². The molecule has 10 heteroatoms. The summed E-state index contributed by atoms with van der Waals surface area (Å²) in [7, 11) is 1.81. The molecule has 1 fully saturated rings. The summed E-state index contributed by atoms with van der Waals surface area (Å²) in [6, 6.07) is 11.9. The summed E-state index contributed by atoms with van der Waals surface area (Å²) in [5, 5.41) is 23.5. The van der Waals surface area contributed by atoms with E-state index in [4.69, 9.17) is 0 Å². The second-order valence-electron chi connectivity index (χ2n) is 12.3. The van der Waals surface area contributed by atoms with Crippen LogP contribution in [0.15, 0.2) is 42.6 Å². The zero-order chi connectivity index (χ0) is 31.4. The number of benzene rings is 2. The van der Waals surface area contributed by atoms with Gasteiger partial charge in [-0.05, 0) is 111 Å². The molecular formula is C34H40F3N5O2. The van der Waals surface area contributed by atoms with E-state index in [9.17, 15) is 28.3 Å². The first-order chi connectivity index (χ1) is 21.0. The van der Waals surface area contributed by atoms with Gasteiger partial charge in [0.1, 0.15) is 0 Å². The number of rotatable bonds is 10. The van der Waals surface area contributed by atoms with Gasteiger partial charge in [-0.2, -0.15) is 23.5 Å². The Labute approximate surface area is 256 Å². The van der Waals surface area contributed by atoms with Crippen molar-refractivity contribution in [2.45, 2.75) is 77.6 Å². The molecule has 0 atom stereocenters. The Bertz CT molecular complexity index is 1520. The van der Waals surface area contributed by atoms with Crippen molar-refractivity contribution in [3.8, 4) is 6.07 Å². The predicted molar refractivity (Wildman–Crippen MR) is 163 cm³/mol. The van der Waals surface area contributed by atoms with E-state index in [1.54, 1.807) is 4.68 Å². The van der Waals surface area contributed by atoms with E-state index < -0.39 is 17.7 Å². The molecule has 0 radical (unpaired) electrons. The van der Waals surface area contributed by atoms with Crippen molar-refractivity contribution in [1.82, 2.24) is 9.78 Å². The Hall–Kier alpha value is -4.00. The molecule has 5 rings (SSSR count). The van der Waals surface area contributed by atoms with Gasteiger partial charge in [-0.3, -0.25) is 9.48 Å². The summed E-state index contributed by atoms with van der Waals surface area (Å²) in [4.78, 5) is 15.9. The van der Waals surface area contributed by atoms with Crippen LogP contribution in [0, 0.1) is 23.2 Å². The molecule has 0 unspecified atom stereocenters. The van der Waals surface area contributed by atoms with Crippen molar-refractivity contribution in [2.75, 3.05) is 22.9 Å². The number of alkyl halides is 3. The number of halogens is 3. The lowest BCUT2D eigenvalue weighted by Gasteiger charge is -2.35. The number of carboxylic acid groups (broad SMARTS) is 1. The lowest BCUT2D eigenvalue weighted by atomic mass is 9.81. The van der Waals surface area contributed by atoms with Gasteiger partial charge in [0.25, 0.3) is 0 Å². The van der Waals surface area contributed by atoms with Crippen LogP contribution in [0.3, 0.4) is 0 Å². The van der Waals surface area contributed by atoms with Crippen molar-refractivity contribution in [1.29, 1.82) is 5.26 Å². The number of anilines is 2. The Morgan fingerprint density at radius 3 is 2.34 bits per heavy atom. The molecule has 1 aromatic heterocycles. The first kappa shape index (κ1) is 31.4. The van der Waals surface area contributed by atoms with Gasteiger partial charge >= 0.3 is 12.1 Å². The molecule has 3 aromatic rings. The summed E-state index contributed by atoms with van der Waals surface area (Å²) in [6.07, 6.45) is 4.70. The van der Waals surface area contributed by atoms with Crippen molar-refractivity contribution in [3.63, 3.8) is 0 Å². The number of carbonyl (C=O) groups is 1. The maximum absolute atomic E-state index is 13.7. The van der Waals surface area contributed by atoms with E-state index in [1.807, 2.05) is 30.3 Å². The van der Waals surface area contributed by atoms with Crippen molar-refractivity contribution >= 4 is 17.5 Å². The number of aromatic nitrogens is 2. The molecule has 0 aliphatic heterocycles. The summed E-state index contributed by atoms with van der Waals surface area (Å²) in [5.74, 6) is 0.0768. The maximum atomic E-state index is 13.7. The van der Waals surface area contributed by atoms with Crippen LogP contribution in [-0.4, -0.2) is 33.9 Å². The average Bonchev–Trinajstić information content (AvgIpc) is 3.45. The topological polar surface area (TPSA) is 85.4 Å². The highest BCUT2D eigenvalue weighted by Gasteiger charge is 2.32. The van der Waals surface area contributed by atoms with Crippen LogP contribution in [0.2, 0.25) is 0 Å². The van der Waals surface area contributed by atoms with Crippen molar-refractivity contribution in [2.24, 2.45) is 18.9 Å². The minimum absolute atomic E-state index is 0.0277. The van der Waals surface area contributed by atoms with Crippen LogP contribution in [-0.2, 0) is 43.9 Å². The normalized spacial score (nSPS) is 18.4. The van der Waals surface area contributed by atoms with Crippen LogP contribution >= 0.6 is 0 Å². The molecule has 7 nitrogen and oxygen atoms in total. The zero-order valence-corrected chi connectivity index (χ0v) is 25.4. The van der Waals surface area contributed by atoms with Gasteiger partial charge in [-0.1, -0.05) is 6.07 Å². The average molecular weight is 608 g/mol. The highest BCUT2D eigenvalue weighted by molar-refractivity contribution is 5.70. The molecule has 2 aliphatic rings. The lowest BCUT2D eigenvalue weighted by molar-refractivity contribution is -0.143. The largest absolute Gasteiger partial charge is 0.481 e. The number of aliphatic carboxylic acids is 1. The number of hydrogen-bond donors (Lipinski definition) is 1. The molecule has 0 bridgehead atoms. The third-order valence-electron chi connectivity index (χ3n) is 9.15. The Balaban J connectivity index is 1.49. The Morgan fingerprint density at radius 2 is 1.75 bits per heavy atom. The van der Waals surface area contributed by atoms with Gasteiger partial charge in [-0.15, -0.1) is 0 Å². The third-order valence-corrected chi connectivity index (χ3v) is 9.15. The standard InChI is InChI=1S/C34H40F3N5O2/c1-3-41(20-23-8-10-26(11-9-23)33(43)44)31-18-28-7-5-4-6-27(28)17-29(31)22-42(32-12-13-40(2)39-32)21-25-14-24(19-38)15-30(16-25)34(35,36)37/h12-18,23,26H,3-11,20-22H2,1-2H3,(H,43,44)/t23-,26-. The minimum Gasteiger partial charge on any atom is -0.481 e. The molecule has 0 amide bonds. The molecule has 2 aromatic carbocycles. The van der Waals surface area contributed by atoms with Crippen LogP contribution < -0.4 is 9.80 Å². The highest BCUT2D eigenvalue weighted by Crippen LogP contribution is 2.36. The molecule has 0 saturated heterocycles. The molecule has 1 N–H and O–H groups in total. The van der Waals surface area contributed by atoms with E-state index in [-0.39, 0.29) is 18.0 Å². The molecular weight excluding hydrogens is 567 g/mol. The number of carboxylic acids is 1. The summed E-state index contributed by atoms with van der Waals surface area (Å²) < 4.78 is 42.8. The van der Waals surface area contributed by atoms with E-state index in [2.05, 4.69) is 29.1 Å². The van der Waals surface area contributed by atoms with Crippen LogP contribution in [0.1, 0.15) is 78.8 Å². The predicted octanol–water partition coefficient (Wildman–Crippen LogP) is 7.11. The van der Waals surface area contributed by atoms with Gasteiger partial charge in [0.2, 0.25) is 0 Å². The van der Waals surface area contributed by atoms with Gasteiger partial charge in [0, 0.05) is 51.2 Å². The lowest BCUT2D eigenvalue weighted by Crippen LogP contribution is -2.34. The fourth-order valence-electron chi connectivity index (χ4n) is 6.77.